The van der Waals surface area contributed by atoms with Crippen molar-refractivity contribution in [1.29, 1.82) is 0 Å². The maximum absolute atomic E-state index is 13.9. The molecule has 0 bridgehead atoms. The largest absolute Gasteiger partial charge is 0.368 e. The van der Waals surface area contributed by atoms with Crippen molar-refractivity contribution < 1.29 is 4.39 Å². The first kappa shape index (κ1) is 18.3. The standard InChI is InChI=1S/C20H14ClFN8/c21-15-6-11(1-3-24-19-18-20(26-9-25-18)28-10-27-19)16(12-5-13(22)8-23-7-12)17-14(15)2-4-29-30-17/h2,4-10H,1,3H2,(H2,24,25,26,27,28). The minimum Gasteiger partial charge on any atom is -0.368 e. The maximum atomic E-state index is 13.9. The maximum Gasteiger partial charge on any atom is 0.182 e. The van der Waals surface area contributed by atoms with Gasteiger partial charge in [0.25, 0.3) is 0 Å². The van der Waals surface area contributed by atoms with Crippen LogP contribution in [0.15, 0.2) is 49.4 Å². The number of hydrogen-bond acceptors (Lipinski definition) is 7. The highest BCUT2D eigenvalue weighted by molar-refractivity contribution is 6.36. The normalized spacial score (nSPS) is 11.3. The third-order valence-electron chi connectivity index (χ3n) is 4.74. The van der Waals surface area contributed by atoms with Gasteiger partial charge >= 0.3 is 0 Å². The first-order valence-corrected chi connectivity index (χ1v) is 9.50. The van der Waals surface area contributed by atoms with Crippen LogP contribution >= 0.6 is 11.6 Å². The van der Waals surface area contributed by atoms with Crippen LogP contribution in [0, 0.1) is 5.82 Å². The second-order valence-corrected chi connectivity index (χ2v) is 6.99. The van der Waals surface area contributed by atoms with Crippen molar-refractivity contribution in [1.82, 2.24) is 35.1 Å². The van der Waals surface area contributed by atoms with Gasteiger partial charge in [0.2, 0.25) is 0 Å². The third-order valence-corrected chi connectivity index (χ3v) is 5.05. The van der Waals surface area contributed by atoms with E-state index in [1.807, 2.05) is 6.07 Å². The minimum absolute atomic E-state index is 0.425. The van der Waals surface area contributed by atoms with Crippen LogP contribution in [0.5, 0.6) is 0 Å². The fraction of sp³-hybridized carbons (Fsp3) is 0.100. The molecule has 0 fully saturated rings. The Balaban J connectivity index is 1.53. The zero-order valence-electron chi connectivity index (χ0n) is 15.5. The summed E-state index contributed by atoms with van der Waals surface area (Å²) in [6.45, 7) is 0.545. The van der Waals surface area contributed by atoms with Gasteiger partial charge in [-0.1, -0.05) is 11.6 Å². The second-order valence-electron chi connectivity index (χ2n) is 6.58. The van der Waals surface area contributed by atoms with E-state index in [9.17, 15) is 4.39 Å². The quantitative estimate of drug-likeness (QED) is 0.445. The Morgan fingerprint density at radius 1 is 1.13 bits per heavy atom. The molecule has 0 aliphatic carbocycles. The van der Waals surface area contributed by atoms with Gasteiger partial charge in [-0.3, -0.25) is 4.98 Å². The summed E-state index contributed by atoms with van der Waals surface area (Å²) < 4.78 is 13.9. The number of benzene rings is 1. The minimum atomic E-state index is -0.425. The van der Waals surface area contributed by atoms with Gasteiger partial charge in [-0.15, -0.1) is 5.10 Å². The van der Waals surface area contributed by atoms with Crippen LogP contribution in [0.1, 0.15) is 5.56 Å². The smallest absolute Gasteiger partial charge is 0.182 e. The van der Waals surface area contributed by atoms with E-state index >= 15 is 0 Å². The summed E-state index contributed by atoms with van der Waals surface area (Å²) in [6.07, 6.45) is 7.96. The van der Waals surface area contributed by atoms with Crippen molar-refractivity contribution in [3.05, 3.63) is 65.8 Å². The summed E-state index contributed by atoms with van der Waals surface area (Å²) in [4.78, 5) is 19.5. The number of pyridine rings is 1. The van der Waals surface area contributed by atoms with Gasteiger partial charge in [-0.2, -0.15) is 5.10 Å². The van der Waals surface area contributed by atoms with Gasteiger partial charge in [-0.25, -0.2) is 19.3 Å². The first-order chi connectivity index (χ1) is 14.7. The Bertz CT molecular complexity index is 1370. The van der Waals surface area contributed by atoms with Crippen molar-refractivity contribution in [2.24, 2.45) is 0 Å². The van der Waals surface area contributed by atoms with Gasteiger partial charge < -0.3 is 10.3 Å². The molecule has 148 valence electrons. The number of fused-ring (bicyclic) bond motifs is 2. The van der Waals surface area contributed by atoms with E-state index in [4.69, 9.17) is 11.6 Å². The fourth-order valence-electron chi connectivity index (χ4n) is 3.45. The number of aromatic nitrogens is 7. The number of H-pyrrole nitrogens is 1. The van der Waals surface area contributed by atoms with E-state index in [1.165, 1.54) is 18.6 Å². The van der Waals surface area contributed by atoms with Crippen LogP contribution in [0.3, 0.4) is 0 Å². The van der Waals surface area contributed by atoms with Crippen molar-refractivity contribution in [3.8, 4) is 11.1 Å². The molecule has 0 aliphatic heterocycles. The molecule has 30 heavy (non-hydrogen) atoms. The molecule has 0 saturated carbocycles. The van der Waals surface area contributed by atoms with Crippen LogP contribution in [0.4, 0.5) is 10.2 Å². The van der Waals surface area contributed by atoms with E-state index in [-0.39, 0.29) is 0 Å². The molecule has 4 heterocycles. The molecule has 8 nitrogen and oxygen atoms in total. The molecular formula is C20H14ClFN8. The predicted molar refractivity (Wildman–Crippen MR) is 112 cm³/mol. The van der Waals surface area contributed by atoms with E-state index in [2.05, 4.69) is 40.4 Å². The van der Waals surface area contributed by atoms with E-state index in [0.717, 1.165) is 22.0 Å². The lowest BCUT2D eigenvalue weighted by molar-refractivity contribution is 0.622. The van der Waals surface area contributed by atoms with E-state index < -0.39 is 5.82 Å². The number of halogens is 2. The summed E-state index contributed by atoms with van der Waals surface area (Å²) in [5.74, 6) is 0.226. The molecule has 0 unspecified atom stereocenters. The van der Waals surface area contributed by atoms with Crippen molar-refractivity contribution in [2.45, 2.75) is 6.42 Å². The van der Waals surface area contributed by atoms with Crippen LogP contribution in [0.25, 0.3) is 33.2 Å². The Hall–Kier alpha value is -3.72. The summed E-state index contributed by atoms with van der Waals surface area (Å²) in [5.41, 5.74) is 4.18. The zero-order chi connectivity index (χ0) is 20.5. The van der Waals surface area contributed by atoms with Crippen LogP contribution in [0.2, 0.25) is 5.02 Å². The average Bonchev–Trinajstić information content (AvgIpc) is 3.24. The molecule has 0 aliphatic rings. The Labute approximate surface area is 174 Å². The molecule has 0 amide bonds. The van der Waals surface area contributed by atoms with Crippen LogP contribution in [-0.2, 0) is 6.42 Å². The second kappa shape index (κ2) is 7.60. The van der Waals surface area contributed by atoms with E-state index in [1.54, 1.807) is 24.8 Å². The lowest BCUT2D eigenvalue weighted by atomic mass is 9.95. The molecule has 2 N–H and O–H groups in total. The van der Waals surface area contributed by atoms with Gasteiger partial charge in [0.05, 0.1) is 23.7 Å². The molecule has 0 radical (unpaired) electrons. The lowest BCUT2D eigenvalue weighted by Crippen LogP contribution is -2.08. The molecule has 0 atom stereocenters. The van der Waals surface area contributed by atoms with Crippen LogP contribution in [-0.4, -0.2) is 41.7 Å². The topological polar surface area (TPSA) is 105 Å². The third kappa shape index (κ3) is 3.29. The molecule has 1 aromatic carbocycles. The van der Waals surface area contributed by atoms with Gasteiger partial charge in [-0.05, 0) is 30.2 Å². The van der Waals surface area contributed by atoms with Gasteiger partial charge in [0.15, 0.2) is 11.5 Å². The SMILES string of the molecule is Fc1cncc(-c2c(CCNc3ncnc4nc[nH]c34)cc(Cl)c3ccnnc23)c1. The number of hydrogen-bond donors (Lipinski definition) is 2. The molecule has 5 aromatic rings. The number of nitrogens with one attached hydrogen (secondary N) is 2. The molecule has 10 heteroatoms. The Morgan fingerprint density at radius 3 is 2.97 bits per heavy atom. The summed E-state index contributed by atoms with van der Waals surface area (Å²) in [7, 11) is 0. The highest BCUT2D eigenvalue weighted by Crippen LogP contribution is 2.35. The van der Waals surface area contributed by atoms with Crippen molar-refractivity contribution >= 4 is 39.5 Å². The highest BCUT2D eigenvalue weighted by atomic mass is 35.5. The summed E-state index contributed by atoms with van der Waals surface area (Å²) in [6, 6.07) is 5.10. The van der Waals surface area contributed by atoms with Crippen molar-refractivity contribution in [2.75, 3.05) is 11.9 Å². The average molecular weight is 421 g/mol. The zero-order valence-corrected chi connectivity index (χ0v) is 16.2. The number of nitrogens with zero attached hydrogens (tertiary/aromatic N) is 6. The van der Waals surface area contributed by atoms with Crippen LogP contribution < -0.4 is 5.32 Å². The molecule has 0 spiro atoms. The highest BCUT2D eigenvalue weighted by Gasteiger charge is 2.16. The fourth-order valence-corrected chi connectivity index (χ4v) is 3.73. The van der Waals surface area contributed by atoms with Crippen molar-refractivity contribution in [3.63, 3.8) is 0 Å². The van der Waals surface area contributed by atoms with Gasteiger partial charge in [0, 0.05) is 29.3 Å². The Kier molecular flexibility index (Phi) is 4.64. The predicted octanol–water partition coefficient (Wildman–Crippen LogP) is 3.81. The Morgan fingerprint density at radius 2 is 2.07 bits per heavy atom. The monoisotopic (exact) mass is 420 g/mol. The van der Waals surface area contributed by atoms with Gasteiger partial charge in [0.1, 0.15) is 23.2 Å². The molecule has 5 rings (SSSR count). The summed E-state index contributed by atoms with van der Waals surface area (Å²) in [5, 5.41) is 12.9. The summed E-state index contributed by atoms with van der Waals surface area (Å²) >= 11 is 6.50. The number of aromatic amines is 1. The lowest BCUT2D eigenvalue weighted by Gasteiger charge is -2.14. The first-order valence-electron chi connectivity index (χ1n) is 9.12. The number of imidazole rings is 1. The molecule has 0 saturated heterocycles. The number of anilines is 1. The van der Waals surface area contributed by atoms with E-state index in [0.29, 0.717) is 40.5 Å². The number of rotatable bonds is 5. The molecule has 4 aromatic heterocycles. The molecular weight excluding hydrogens is 407 g/mol.